The summed E-state index contributed by atoms with van der Waals surface area (Å²) in [4.78, 5) is 79.8. The number of aromatic nitrogens is 3. The highest BCUT2D eigenvalue weighted by Crippen LogP contribution is 2.34. The molecule has 0 spiro atoms. The summed E-state index contributed by atoms with van der Waals surface area (Å²) in [6.07, 6.45) is 1.71. The highest BCUT2D eigenvalue weighted by Gasteiger charge is 2.28. The number of nitrogens with zero attached hydrogens (tertiary/aromatic N) is 7. The molecule has 27 heteroatoms. The SMILES string of the molecule is C.C.C.CCOC(=O)N(C(=O)OCC)c1cc(Oc2ccc(NC)c([N+](=O)[O-])c2)ccn1.CCOC(=O)Nc1cc(Oc2ccc(NC)c([N+](=O)[O-])c2)ccn1.CNc1ccc(Oc2ccnc(N)c2)cc1[N+](=O)[O-]. The number of carbonyl (C=O) groups excluding carboxylic acids is 3. The summed E-state index contributed by atoms with van der Waals surface area (Å²) in [6.45, 7) is 5.21. The standard InChI is InChI=1S/C18H20N4O7.C15H16N4O5.C12H12N4O3.3CH4/c1-4-27-17(23)21(18(24)28-5-2)16-11-13(8-9-20-16)29-12-6-7-14(19-3)15(10-12)22(25)26;1-3-23-15(20)18-14-9-11(6-7-17-14)24-10-4-5-12(16-2)13(8-10)19(21)22;1-14-10-3-2-8(6-11(10)16(17)18)19-9-4-5-15-12(13)7-9;;;/h6-11,19H,4-5H2,1-3H3;4-9,16H,3H2,1-2H3,(H,17,18,20);2-7,14H,1H3,(H2,13,15);3*1H4. The smallest absolute Gasteiger partial charge is 0.425 e. The number of carbonyl (C=O) groups is 3. The summed E-state index contributed by atoms with van der Waals surface area (Å²) in [5, 5.41) is 43.8. The van der Waals surface area contributed by atoms with Gasteiger partial charge in [-0.2, -0.15) is 4.90 Å². The third-order valence-electron chi connectivity index (χ3n) is 8.85. The molecule has 0 radical (unpaired) electrons. The number of pyridine rings is 3. The molecule has 6 aromatic rings. The molecule has 0 bridgehead atoms. The van der Waals surface area contributed by atoms with Gasteiger partial charge in [0, 0.05) is 57.9 Å². The Hall–Kier alpha value is -10.1. The van der Waals surface area contributed by atoms with Crippen molar-refractivity contribution in [3.63, 3.8) is 0 Å². The van der Waals surface area contributed by atoms with Crippen LogP contribution in [0.15, 0.2) is 110 Å². The predicted molar refractivity (Wildman–Crippen MR) is 283 cm³/mol. The molecule has 3 aromatic heterocycles. The summed E-state index contributed by atoms with van der Waals surface area (Å²) in [5.74, 6) is 2.34. The van der Waals surface area contributed by atoms with Crippen LogP contribution in [0.5, 0.6) is 34.5 Å². The maximum absolute atomic E-state index is 12.2. The van der Waals surface area contributed by atoms with Crippen molar-refractivity contribution >= 4 is 69.9 Å². The van der Waals surface area contributed by atoms with Crippen LogP contribution in [0.4, 0.5) is 66.0 Å². The quantitative estimate of drug-likeness (QED) is 0.0322. The second-order valence-corrected chi connectivity index (χ2v) is 13.6. The average molecular weight is 1050 g/mol. The van der Waals surface area contributed by atoms with Crippen molar-refractivity contribution in [1.82, 2.24) is 15.0 Å². The fourth-order valence-electron chi connectivity index (χ4n) is 5.75. The zero-order chi connectivity index (χ0) is 52.7. The number of nitro groups is 3. The van der Waals surface area contributed by atoms with E-state index in [0.717, 1.165) is 0 Å². The first-order valence-electron chi connectivity index (χ1n) is 21.2. The minimum atomic E-state index is -0.954. The minimum absolute atomic E-state index is 0. The van der Waals surface area contributed by atoms with E-state index in [0.29, 0.717) is 45.0 Å². The minimum Gasteiger partial charge on any atom is -0.457 e. The highest BCUT2D eigenvalue weighted by atomic mass is 16.6. The normalized spacial score (nSPS) is 9.57. The topological polar surface area (TPSA) is 352 Å². The van der Waals surface area contributed by atoms with Gasteiger partial charge in [-0.25, -0.2) is 29.3 Å². The summed E-state index contributed by atoms with van der Waals surface area (Å²) in [7, 11) is 4.78. The number of hydrogen-bond acceptors (Lipinski definition) is 22. The van der Waals surface area contributed by atoms with Gasteiger partial charge in [-0.1, -0.05) is 22.3 Å². The molecule has 0 saturated carbocycles. The molecule has 75 heavy (non-hydrogen) atoms. The number of nitro benzene ring substituents is 3. The second-order valence-electron chi connectivity index (χ2n) is 13.6. The number of benzene rings is 3. The number of nitrogens with one attached hydrogen (secondary N) is 4. The predicted octanol–water partition coefficient (Wildman–Crippen LogP) is 11.6. The summed E-state index contributed by atoms with van der Waals surface area (Å²) in [6, 6.07) is 22.3. The molecule has 402 valence electrons. The Morgan fingerprint density at radius 2 is 0.880 bits per heavy atom. The number of rotatable bonds is 17. The molecule has 0 fully saturated rings. The Kier molecular flexibility index (Phi) is 26.3. The van der Waals surface area contributed by atoms with E-state index >= 15 is 0 Å². The lowest BCUT2D eigenvalue weighted by molar-refractivity contribution is -0.384. The molecular weight excluding hydrogens is 985 g/mol. The van der Waals surface area contributed by atoms with Crippen LogP contribution >= 0.6 is 0 Å². The molecular formula is C48H60N12O15. The molecule has 3 aromatic carbocycles. The third-order valence-corrected chi connectivity index (χ3v) is 8.85. The van der Waals surface area contributed by atoms with Crippen molar-refractivity contribution in [2.45, 2.75) is 43.1 Å². The van der Waals surface area contributed by atoms with Gasteiger partial charge < -0.3 is 50.1 Å². The van der Waals surface area contributed by atoms with E-state index < -0.39 is 33.0 Å². The number of anilines is 6. The van der Waals surface area contributed by atoms with Crippen LogP contribution in [0.25, 0.3) is 0 Å². The van der Waals surface area contributed by atoms with Crippen LogP contribution in [0.1, 0.15) is 43.1 Å². The first-order chi connectivity index (χ1) is 34.5. The van der Waals surface area contributed by atoms with Crippen LogP contribution in [0.3, 0.4) is 0 Å². The summed E-state index contributed by atoms with van der Waals surface area (Å²) < 4.78 is 31.2. The van der Waals surface area contributed by atoms with Gasteiger partial charge in [0.25, 0.3) is 17.1 Å². The van der Waals surface area contributed by atoms with Crippen molar-refractivity contribution in [3.8, 4) is 34.5 Å². The van der Waals surface area contributed by atoms with Gasteiger partial charge >= 0.3 is 18.3 Å². The fourth-order valence-corrected chi connectivity index (χ4v) is 5.75. The van der Waals surface area contributed by atoms with E-state index in [1.165, 1.54) is 73.2 Å². The number of hydrogen-bond donors (Lipinski definition) is 5. The van der Waals surface area contributed by atoms with E-state index in [1.54, 1.807) is 78.3 Å². The zero-order valence-electron chi connectivity index (χ0n) is 39.3. The first-order valence-corrected chi connectivity index (χ1v) is 21.2. The molecule has 6 rings (SSSR count). The lowest BCUT2D eigenvalue weighted by Crippen LogP contribution is -2.38. The van der Waals surface area contributed by atoms with Gasteiger partial charge in [0.1, 0.15) is 63.2 Å². The highest BCUT2D eigenvalue weighted by molar-refractivity contribution is 6.08. The number of imide groups is 1. The molecule has 0 saturated heterocycles. The molecule has 0 atom stereocenters. The van der Waals surface area contributed by atoms with Gasteiger partial charge in [-0.15, -0.1) is 0 Å². The van der Waals surface area contributed by atoms with Crippen molar-refractivity contribution in [2.24, 2.45) is 0 Å². The lowest BCUT2D eigenvalue weighted by atomic mass is 10.2. The maximum Gasteiger partial charge on any atom is 0.425 e. The Bertz CT molecular complexity index is 2860. The summed E-state index contributed by atoms with van der Waals surface area (Å²) >= 11 is 0. The van der Waals surface area contributed by atoms with E-state index in [-0.39, 0.29) is 88.0 Å². The fraction of sp³-hybridized carbons (Fsp3) is 0.250. The molecule has 0 unspecified atom stereocenters. The largest absolute Gasteiger partial charge is 0.457 e. The maximum atomic E-state index is 12.2. The van der Waals surface area contributed by atoms with E-state index in [1.807, 2.05) is 0 Å². The third kappa shape index (κ3) is 18.9. The van der Waals surface area contributed by atoms with Crippen molar-refractivity contribution in [1.29, 1.82) is 0 Å². The van der Waals surface area contributed by atoms with Crippen LogP contribution in [-0.4, -0.2) is 89.0 Å². The molecule has 0 aliphatic rings. The van der Waals surface area contributed by atoms with Crippen molar-refractivity contribution in [3.05, 3.63) is 140 Å². The molecule has 3 amide bonds. The number of amides is 3. The Balaban J connectivity index is 0.000000562. The van der Waals surface area contributed by atoms with E-state index in [9.17, 15) is 44.7 Å². The molecule has 0 aliphatic carbocycles. The molecule has 6 N–H and O–H groups in total. The first kappa shape index (κ1) is 62.9. The van der Waals surface area contributed by atoms with Crippen LogP contribution in [0.2, 0.25) is 0 Å². The Morgan fingerprint density at radius 3 is 1.25 bits per heavy atom. The Labute approximate surface area is 431 Å². The zero-order valence-corrected chi connectivity index (χ0v) is 39.3. The number of nitrogens with two attached hydrogens (primary N) is 1. The van der Waals surface area contributed by atoms with Gasteiger partial charge in [0.15, 0.2) is 5.82 Å². The Morgan fingerprint density at radius 1 is 0.520 bits per heavy atom. The number of nitrogen functional groups attached to an aromatic ring is 1. The van der Waals surface area contributed by atoms with E-state index in [2.05, 4.69) is 36.2 Å². The van der Waals surface area contributed by atoms with Crippen molar-refractivity contribution in [2.75, 3.05) is 72.9 Å². The second kappa shape index (κ2) is 31.3. The molecule has 0 aliphatic heterocycles. The van der Waals surface area contributed by atoms with Gasteiger partial charge in [0.05, 0.1) is 52.8 Å². The van der Waals surface area contributed by atoms with Crippen LogP contribution in [0, 0.1) is 30.3 Å². The van der Waals surface area contributed by atoms with Gasteiger partial charge in [0.2, 0.25) is 0 Å². The average Bonchev–Trinajstić information content (AvgIpc) is 3.35. The number of ether oxygens (including phenoxy) is 6. The van der Waals surface area contributed by atoms with Crippen molar-refractivity contribution < 1.29 is 57.6 Å². The molecule has 27 nitrogen and oxygen atoms in total. The van der Waals surface area contributed by atoms with Gasteiger partial charge in [-0.05, 0) is 75.4 Å². The van der Waals surface area contributed by atoms with E-state index in [4.69, 9.17) is 34.2 Å². The van der Waals surface area contributed by atoms with Crippen LogP contribution in [-0.2, 0) is 14.2 Å². The summed E-state index contributed by atoms with van der Waals surface area (Å²) in [5.41, 5.74) is 6.33. The lowest BCUT2D eigenvalue weighted by Gasteiger charge is -2.18. The monoisotopic (exact) mass is 1040 g/mol. The van der Waals surface area contributed by atoms with Crippen LogP contribution < -0.4 is 46.1 Å². The molecule has 3 heterocycles. The van der Waals surface area contributed by atoms with Gasteiger partial charge in [-0.3, -0.25) is 35.7 Å².